The number of nitrogen functional groups attached to an aromatic ring is 1. The molecule has 0 spiro atoms. The Morgan fingerprint density at radius 2 is 1.66 bits per heavy atom. The number of aliphatic carboxylic acids is 1. The van der Waals surface area contributed by atoms with Gasteiger partial charge in [0.15, 0.2) is 0 Å². The van der Waals surface area contributed by atoms with Crippen LogP contribution in [-0.2, 0) is 17.9 Å². The highest BCUT2D eigenvalue weighted by molar-refractivity contribution is 5.87. The number of anilines is 1. The number of carboxylic acids is 2. The molecule has 2 heterocycles. The maximum Gasteiger partial charge on any atom is 0.490 e. The van der Waals surface area contributed by atoms with Gasteiger partial charge in [0.05, 0.1) is 36.7 Å². The molecule has 0 aliphatic carbocycles. The van der Waals surface area contributed by atoms with Gasteiger partial charge in [0.2, 0.25) is 0 Å². The van der Waals surface area contributed by atoms with E-state index in [9.17, 15) is 18.0 Å². The number of aromatic nitrogens is 5. The van der Waals surface area contributed by atoms with E-state index in [0.717, 1.165) is 11.3 Å². The van der Waals surface area contributed by atoms with Crippen LogP contribution < -0.4 is 5.73 Å². The van der Waals surface area contributed by atoms with Gasteiger partial charge in [0.1, 0.15) is 5.69 Å². The van der Waals surface area contributed by atoms with Crippen LogP contribution in [0.5, 0.6) is 0 Å². The van der Waals surface area contributed by atoms with Gasteiger partial charge in [-0.3, -0.25) is 4.68 Å². The summed E-state index contributed by atoms with van der Waals surface area (Å²) in [5.74, 6) is -3.69. The molecule has 154 valence electrons. The van der Waals surface area contributed by atoms with Crippen LogP contribution in [0.2, 0.25) is 0 Å². The van der Waals surface area contributed by atoms with E-state index in [1.165, 1.54) is 0 Å². The molecule has 0 radical (unpaired) electrons. The SMILES string of the molecule is Nc1cnn(Cc2cn(Cc3ccc(C(=O)O)cc3)nn2)c1.O=C(O)C(F)(F)F. The number of alkyl halides is 3. The summed E-state index contributed by atoms with van der Waals surface area (Å²) in [6, 6.07) is 6.67. The van der Waals surface area contributed by atoms with E-state index < -0.39 is 18.1 Å². The average Bonchev–Trinajstić information content (AvgIpc) is 3.24. The molecule has 0 atom stereocenters. The molecule has 0 bridgehead atoms. The van der Waals surface area contributed by atoms with Gasteiger partial charge in [-0.05, 0) is 17.7 Å². The number of carboxylic acid groups (broad SMARTS) is 2. The summed E-state index contributed by atoms with van der Waals surface area (Å²) in [5, 5.41) is 28.2. The molecule has 0 saturated carbocycles. The van der Waals surface area contributed by atoms with Crippen molar-refractivity contribution in [3.8, 4) is 0 Å². The zero-order valence-corrected chi connectivity index (χ0v) is 14.6. The fourth-order valence-corrected chi connectivity index (χ4v) is 2.06. The first kappa shape index (κ1) is 21.4. The van der Waals surface area contributed by atoms with Crippen LogP contribution >= 0.6 is 0 Å². The number of halogens is 3. The number of hydrogen-bond donors (Lipinski definition) is 3. The number of hydrogen-bond acceptors (Lipinski definition) is 6. The summed E-state index contributed by atoms with van der Waals surface area (Å²) in [7, 11) is 0. The summed E-state index contributed by atoms with van der Waals surface area (Å²) >= 11 is 0. The largest absolute Gasteiger partial charge is 0.490 e. The van der Waals surface area contributed by atoms with E-state index in [1.54, 1.807) is 46.0 Å². The summed E-state index contributed by atoms with van der Waals surface area (Å²) in [5.41, 5.74) is 8.19. The average molecular weight is 412 g/mol. The third-order valence-electron chi connectivity index (χ3n) is 3.35. The van der Waals surface area contributed by atoms with E-state index in [0.29, 0.717) is 18.8 Å². The lowest BCUT2D eigenvalue weighted by Gasteiger charge is -2.01. The van der Waals surface area contributed by atoms with Crippen molar-refractivity contribution in [2.45, 2.75) is 19.3 Å². The standard InChI is InChI=1S/C14H14N6O2.C2HF3O2/c15-12-5-16-19(7-12)8-13-9-20(18-17-13)6-10-1-3-11(4-2-10)14(21)22;3-2(4,5)1(6)7/h1-5,7,9H,6,8,15H2,(H,21,22);(H,6,7). The topological polar surface area (TPSA) is 149 Å². The monoisotopic (exact) mass is 412 g/mol. The van der Waals surface area contributed by atoms with Gasteiger partial charge >= 0.3 is 18.1 Å². The molecule has 0 aliphatic rings. The minimum atomic E-state index is -5.08. The number of nitrogens with two attached hydrogens (primary N) is 1. The molecule has 1 aromatic carbocycles. The second kappa shape index (κ2) is 8.86. The second-order valence-corrected chi connectivity index (χ2v) is 5.68. The molecule has 29 heavy (non-hydrogen) atoms. The maximum absolute atomic E-state index is 10.8. The number of aromatic carboxylic acids is 1. The molecule has 10 nitrogen and oxygen atoms in total. The van der Waals surface area contributed by atoms with Gasteiger partial charge in [-0.2, -0.15) is 18.3 Å². The van der Waals surface area contributed by atoms with Crippen LogP contribution in [0.15, 0.2) is 42.9 Å². The lowest BCUT2D eigenvalue weighted by molar-refractivity contribution is -0.192. The van der Waals surface area contributed by atoms with E-state index in [4.69, 9.17) is 20.7 Å². The third kappa shape index (κ3) is 6.64. The highest BCUT2D eigenvalue weighted by atomic mass is 19.4. The lowest BCUT2D eigenvalue weighted by atomic mass is 10.1. The van der Waals surface area contributed by atoms with E-state index in [1.807, 2.05) is 6.20 Å². The minimum absolute atomic E-state index is 0.263. The molecule has 0 amide bonds. The van der Waals surface area contributed by atoms with Crippen molar-refractivity contribution in [3.05, 3.63) is 59.7 Å². The molecule has 2 aromatic heterocycles. The smallest absolute Gasteiger partial charge is 0.478 e. The zero-order chi connectivity index (χ0) is 21.6. The highest BCUT2D eigenvalue weighted by Gasteiger charge is 2.38. The summed E-state index contributed by atoms with van der Waals surface area (Å²) < 4.78 is 35.1. The van der Waals surface area contributed by atoms with E-state index >= 15 is 0 Å². The predicted molar refractivity (Wildman–Crippen MR) is 92.0 cm³/mol. The van der Waals surface area contributed by atoms with E-state index in [2.05, 4.69) is 15.4 Å². The third-order valence-corrected chi connectivity index (χ3v) is 3.35. The first-order valence-electron chi connectivity index (χ1n) is 7.84. The van der Waals surface area contributed by atoms with Crippen molar-refractivity contribution >= 4 is 17.6 Å². The Morgan fingerprint density at radius 3 is 2.14 bits per heavy atom. The molecular formula is C16H15F3N6O4. The quantitative estimate of drug-likeness (QED) is 0.571. The first-order valence-corrected chi connectivity index (χ1v) is 7.84. The number of carbonyl (C=O) groups is 2. The van der Waals surface area contributed by atoms with Crippen molar-refractivity contribution < 1.29 is 33.0 Å². The van der Waals surface area contributed by atoms with Crippen molar-refractivity contribution in [3.63, 3.8) is 0 Å². The van der Waals surface area contributed by atoms with Crippen molar-refractivity contribution in [1.82, 2.24) is 24.8 Å². The number of benzene rings is 1. The number of nitrogens with zero attached hydrogens (tertiary/aromatic N) is 5. The summed E-state index contributed by atoms with van der Waals surface area (Å²) in [4.78, 5) is 19.7. The van der Waals surface area contributed by atoms with Gasteiger partial charge in [-0.25, -0.2) is 14.3 Å². The first-order chi connectivity index (χ1) is 13.5. The fourth-order valence-electron chi connectivity index (χ4n) is 2.06. The molecule has 0 aliphatic heterocycles. The maximum atomic E-state index is 10.8. The molecule has 3 rings (SSSR count). The Hall–Kier alpha value is -3.90. The Balaban J connectivity index is 0.000000370. The highest BCUT2D eigenvalue weighted by Crippen LogP contribution is 2.13. The zero-order valence-electron chi connectivity index (χ0n) is 14.6. The minimum Gasteiger partial charge on any atom is -0.478 e. The molecule has 13 heteroatoms. The van der Waals surface area contributed by atoms with Gasteiger partial charge < -0.3 is 15.9 Å². The van der Waals surface area contributed by atoms with E-state index in [-0.39, 0.29) is 5.56 Å². The summed E-state index contributed by atoms with van der Waals surface area (Å²) in [6.07, 6.45) is 0.0427. The van der Waals surface area contributed by atoms with Crippen molar-refractivity contribution in [2.75, 3.05) is 5.73 Å². The van der Waals surface area contributed by atoms with Gasteiger partial charge in [0.25, 0.3) is 0 Å². The van der Waals surface area contributed by atoms with Crippen LogP contribution in [-0.4, -0.2) is 53.1 Å². The summed E-state index contributed by atoms with van der Waals surface area (Å²) in [6.45, 7) is 1.02. The van der Waals surface area contributed by atoms with Gasteiger partial charge in [-0.15, -0.1) is 5.10 Å². The van der Waals surface area contributed by atoms with Crippen molar-refractivity contribution in [1.29, 1.82) is 0 Å². The molecule has 4 N–H and O–H groups in total. The predicted octanol–water partition coefficient (Wildman–Crippen LogP) is 1.48. The van der Waals surface area contributed by atoms with Crippen LogP contribution in [0.4, 0.5) is 18.9 Å². The van der Waals surface area contributed by atoms with Crippen LogP contribution in [0.25, 0.3) is 0 Å². The fraction of sp³-hybridized carbons (Fsp3) is 0.188. The normalized spacial score (nSPS) is 10.9. The Labute approximate surface area is 161 Å². The Morgan fingerprint density at radius 1 is 1.03 bits per heavy atom. The molecule has 0 saturated heterocycles. The second-order valence-electron chi connectivity index (χ2n) is 5.68. The van der Waals surface area contributed by atoms with Gasteiger partial charge in [-0.1, -0.05) is 17.3 Å². The molecule has 0 fully saturated rings. The lowest BCUT2D eigenvalue weighted by Crippen LogP contribution is -2.21. The van der Waals surface area contributed by atoms with Crippen molar-refractivity contribution in [2.24, 2.45) is 0 Å². The van der Waals surface area contributed by atoms with Crippen LogP contribution in [0.1, 0.15) is 21.6 Å². The number of rotatable bonds is 5. The molecule has 0 unspecified atom stereocenters. The molecule has 3 aromatic rings. The van der Waals surface area contributed by atoms with Crippen LogP contribution in [0.3, 0.4) is 0 Å². The Kier molecular flexibility index (Phi) is 6.54. The molecular weight excluding hydrogens is 397 g/mol. The van der Waals surface area contributed by atoms with Gasteiger partial charge in [0, 0.05) is 6.20 Å². The Bertz CT molecular complexity index is 981. The van der Waals surface area contributed by atoms with Crippen LogP contribution in [0, 0.1) is 0 Å².